The van der Waals surface area contributed by atoms with Gasteiger partial charge in [0.1, 0.15) is 11.2 Å². The maximum absolute atomic E-state index is 13.6. The zero-order valence-corrected chi connectivity index (χ0v) is 18.0. The summed E-state index contributed by atoms with van der Waals surface area (Å²) in [7, 11) is 0. The van der Waals surface area contributed by atoms with Crippen molar-refractivity contribution in [2.45, 2.75) is 56.1 Å². The van der Waals surface area contributed by atoms with E-state index in [1.165, 1.54) is 6.42 Å². The van der Waals surface area contributed by atoms with Crippen LogP contribution in [0.3, 0.4) is 0 Å². The third-order valence-corrected chi connectivity index (χ3v) is 7.23. The second-order valence-corrected chi connectivity index (χ2v) is 9.15. The summed E-state index contributed by atoms with van der Waals surface area (Å²) >= 11 is 0. The topological polar surface area (TPSA) is 26.3 Å². The van der Waals surface area contributed by atoms with E-state index in [0.717, 1.165) is 48.8 Å². The van der Waals surface area contributed by atoms with Crippen LogP contribution in [0, 0.1) is 5.92 Å². The van der Waals surface area contributed by atoms with E-state index in [1.54, 1.807) is 0 Å². The zero-order valence-electron chi connectivity index (χ0n) is 18.0. The van der Waals surface area contributed by atoms with Gasteiger partial charge in [-0.1, -0.05) is 97.4 Å². The molecule has 0 aromatic heterocycles. The Balaban J connectivity index is 1.75. The average Bonchev–Trinajstić information content (AvgIpc) is 2.94. The van der Waals surface area contributed by atoms with Crippen LogP contribution in [0.5, 0.6) is 0 Å². The Kier molecular flexibility index (Phi) is 5.50. The maximum atomic E-state index is 13.6. The van der Waals surface area contributed by atoms with E-state index in [1.807, 2.05) is 18.2 Å². The van der Waals surface area contributed by atoms with Crippen molar-refractivity contribution in [3.8, 4) is 0 Å². The van der Waals surface area contributed by atoms with Gasteiger partial charge in [-0.3, -0.25) is 4.79 Å². The fourth-order valence-electron chi connectivity index (χ4n) is 5.76. The van der Waals surface area contributed by atoms with Crippen molar-refractivity contribution >= 4 is 5.78 Å². The summed E-state index contributed by atoms with van der Waals surface area (Å²) in [5.74, 6) is 0.877. The minimum atomic E-state index is -0.828. The van der Waals surface area contributed by atoms with Gasteiger partial charge in [0.05, 0.1) is 0 Å². The minimum Gasteiger partial charge on any atom is -0.347 e. The predicted octanol–water partition coefficient (Wildman–Crippen LogP) is 6.68. The standard InChI is InChI=1S/C29H30O2/c30-27-20-10-12-23-13-11-21-28(27,22-23)31-29(24-14-4-1-5-15-24,25-16-6-2-7-17-25)26-18-8-3-9-19-26/h1-9,14-19,23H,10-13,20-22H2/t23-,28-/m0/s1. The molecule has 0 aliphatic heterocycles. The Bertz CT molecular complexity index is 916. The van der Waals surface area contributed by atoms with Crippen LogP contribution in [0.4, 0.5) is 0 Å². The lowest BCUT2D eigenvalue weighted by molar-refractivity contribution is -0.171. The fourth-order valence-corrected chi connectivity index (χ4v) is 5.76. The summed E-state index contributed by atoms with van der Waals surface area (Å²) in [6.07, 6.45) is 6.70. The molecule has 2 saturated carbocycles. The highest BCUT2D eigenvalue weighted by atomic mass is 16.5. The van der Waals surface area contributed by atoms with E-state index in [0.29, 0.717) is 18.1 Å². The number of ether oxygens (including phenoxy) is 1. The molecule has 2 atom stereocenters. The van der Waals surface area contributed by atoms with Crippen molar-refractivity contribution < 1.29 is 9.53 Å². The van der Waals surface area contributed by atoms with Crippen LogP contribution in [0.15, 0.2) is 91.0 Å². The quantitative estimate of drug-likeness (QED) is 0.439. The van der Waals surface area contributed by atoms with Crippen molar-refractivity contribution in [2.75, 3.05) is 0 Å². The molecule has 0 spiro atoms. The first-order valence-electron chi connectivity index (χ1n) is 11.6. The highest BCUT2D eigenvalue weighted by molar-refractivity contribution is 5.88. The van der Waals surface area contributed by atoms with Crippen LogP contribution in [-0.2, 0) is 15.1 Å². The Labute approximate surface area is 185 Å². The van der Waals surface area contributed by atoms with Crippen LogP contribution in [0.2, 0.25) is 0 Å². The summed E-state index contributed by atoms with van der Waals surface area (Å²) in [5.41, 5.74) is 1.66. The minimum absolute atomic E-state index is 0.293. The first kappa shape index (κ1) is 20.2. The van der Waals surface area contributed by atoms with E-state index >= 15 is 0 Å². The molecular formula is C29H30O2. The second-order valence-electron chi connectivity index (χ2n) is 9.15. The Hall–Kier alpha value is -2.71. The van der Waals surface area contributed by atoms with Crippen LogP contribution in [0.25, 0.3) is 0 Å². The van der Waals surface area contributed by atoms with E-state index in [2.05, 4.69) is 72.8 Å². The molecule has 31 heavy (non-hydrogen) atoms. The monoisotopic (exact) mass is 410 g/mol. The molecule has 0 saturated heterocycles. The van der Waals surface area contributed by atoms with Gasteiger partial charge in [-0.15, -0.1) is 0 Å². The molecule has 0 heterocycles. The molecule has 2 bridgehead atoms. The molecule has 2 nitrogen and oxygen atoms in total. The molecule has 2 aliphatic carbocycles. The average molecular weight is 411 g/mol. The molecule has 0 N–H and O–H groups in total. The zero-order chi connectivity index (χ0) is 21.2. The molecule has 3 aromatic rings. The van der Waals surface area contributed by atoms with Crippen molar-refractivity contribution in [1.82, 2.24) is 0 Å². The van der Waals surface area contributed by atoms with Gasteiger partial charge in [-0.25, -0.2) is 0 Å². The molecule has 158 valence electrons. The van der Waals surface area contributed by atoms with Crippen molar-refractivity contribution in [3.05, 3.63) is 108 Å². The van der Waals surface area contributed by atoms with Gasteiger partial charge in [-0.2, -0.15) is 0 Å². The van der Waals surface area contributed by atoms with Crippen molar-refractivity contribution in [2.24, 2.45) is 5.92 Å². The van der Waals surface area contributed by atoms with Gasteiger partial charge in [0, 0.05) is 6.42 Å². The summed E-state index contributed by atoms with van der Waals surface area (Å²) in [6, 6.07) is 31.3. The van der Waals surface area contributed by atoms with Gasteiger partial charge in [0.15, 0.2) is 5.78 Å². The van der Waals surface area contributed by atoms with Gasteiger partial charge in [-0.05, 0) is 54.7 Å². The summed E-state index contributed by atoms with van der Waals surface area (Å²) in [6.45, 7) is 0. The van der Waals surface area contributed by atoms with E-state index in [-0.39, 0.29) is 0 Å². The first-order chi connectivity index (χ1) is 15.2. The first-order valence-corrected chi connectivity index (χ1v) is 11.6. The van der Waals surface area contributed by atoms with E-state index in [9.17, 15) is 4.79 Å². The van der Waals surface area contributed by atoms with Crippen LogP contribution < -0.4 is 0 Å². The van der Waals surface area contributed by atoms with E-state index in [4.69, 9.17) is 4.74 Å². The number of rotatable bonds is 5. The number of hydrogen-bond donors (Lipinski definition) is 0. The number of ketones is 1. The third-order valence-electron chi connectivity index (χ3n) is 7.23. The van der Waals surface area contributed by atoms with Crippen molar-refractivity contribution in [3.63, 3.8) is 0 Å². The Morgan fingerprint density at radius 1 is 0.710 bits per heavy atom. The molecule has 2 aliphatic rings. The van der Waals surface area contributed by atoms with E-state index < -0.39 is 11.2 Å². The van der Waals surface area contributed by atoms with Crippen LogP contribution in [-0.4, -0.2) is 11.4 Å². The lowest BCUT2D eigenvalue weighted by Gasteiger charge is -2.47. The van der Waals surface area contributed by atoms with Crippen molar-refractivity contribution in [1.29, 1.82) is 0 Å². The maximum Gasteiger partial charge on any atom is 0.164 e. The number of hydrogen-bond acceptors (Lipinski definition) is 2. The summed E-state index contributed by atoms with van der Waals surface area (Å²) < 4.78 is 7.34. The highest BCUT2D eigenvalue weighted by Crippen LogP contribution is 2.50. The molecule has 3 aromatic carbocycles. The lowest BCUT2D eigenvalue weighted by Crippen LogP contribution is -2.51. The molecule has 5 rings (SSSR count). The third kappa shape index (κ3) is 3.64. The number of fused-ring (bicyclic) bond motifs is 2. The second kappa shape index (κ2) is 8.43. The number of carbonyl (C=O) groups excluding carboxylic acids is 1. The van der Waals surface area contributed by atoms with Crippen LogP contribution in [0.1, 0.15) is 61.6 Å². The number of Topliss-reactive ketones (excluding diaryl/α,β-unsaturated/α-hetero) is 1. The molecule has 0 unspecified atom stereocenters. The van der Waals surface area contributed by atoms with Gasteiger partial charge in [0.25, 0.3) is 0 Å². The number of benzene rings is 3. The Morgan fingerprint density at radius 3 is 1.71 bits per heavy atom. The molecule has 0 amide bonds. The fraction of sp³-hybridized carbons (Fsp3) is 0.345. The molecule has 0 radical (unpaired) electrons. The summed E-state index contributed by atoms with van der Waals surface area (Å²) in [5, 5.41) is 0. The molecule has 2 heteroatoms. The van der Waals surface area contributed by atoms with Gasteiger partial charge < -0.3 is 4.74 Å². The highest BCUT2D eigenvalue weighted by Gasteiger charge is 2.51. The SMILES string of the molecule is O=C1CCC[C@H]2CCC[C@]1(OC(c1ccccc1)(c1ccccc1)c1ccccc1)C2. The molecule has 2 fully saturated rings. The predicted molar refractivity (Wildman–Crippen MR) is 124 cm³/mol. The largest absolute Gasteiger partial charge is 0.347 e. The summed E-state index contributed by atoms with van der Waals surface area (Å²) in [4.78, 5) is 13.6. The number of carbonyl (C=O) groups is 1. The normalized spacial score (nSPS) is 23.9. The van der Waals surface area contributed by atoms with Crippen LogP contribution >= 0.6 is 0 Å². The lowest BCUT2D eigenvalue weighted by atomic mass is 9.74. The Morgan fingerprint density at radius 2 is 1.19 bits per heavy atom. The smallest absolute Gasteiger partial charge is 0.164 e. The molecular weight excluding hydrogens is 380 g/mol. The van der Waals surface area contributed by atoms with Gasteiger partial charge >= 0.3 is 0 Å². The van der Waals surface area contributed by atoms with Gasteiger partial charge in [0.2, 0.25) is 0 Å².